The van der Waals surface area contributed by atoms with Crippen molar-refractivity contribution < 1.29 is 13.2 Å². The van der Waals surface area contributed by atoms with Crippen LogP contribution < -0.4 is 5.32 Å². The van der Waals surface area contributed by atoms with E-state index in [1.165, 1.54) is 27.8 Å². The Bertz CT molecular complexity index is 902. The predicted octanol–water partition coefficient (Wildman–Crippen LogP) is 3.34. The topological polar surface area (TPSA) is 92.3 Å². The summed E-state index contributed by atoms with van der Waals surface area (Å²) in [6.45, 7) is 2.55. The van der Waals surface area contributed by atoms with E-state index >= 15 is 0 Å². The number of benzene rings is 1. The Hall–Kier alpha value is -1.20. The van der Waals surface area contributed by atoms with Crippen LogP contribution in [0.1, 0.15) is 19.8 Å². The number of hydrogen-bond acceptors (Lipinski definition) is 7. The quantitative estimate of drug-likeness (QED) is 0.540. The van der Waals surface area contributed by atoms with Gasteiger partial charge in [0.1, 0.15) is 0 Å². The molecule has 1 aromatic heterocycles. The molecule has 3 rings (SSSR count). The molecule has 7 nitrogen and oxygen atoms in total. The highest BCUT2D eigenvalue weighted by Gasteiger charge is 2.33. The van der Waals surface area contributed by atoms with Gasteiger partial charge in [-0.1, -0.05) is 41.6 Å². The molecule has 2 aromatic rings. The lowest BCUT2D eigenvalue weighted by atomic mass is 9.99. The average molecular weight is 447 g/mol. The molecule has 1 N–H and O–H groups in total. The summed E-state index contributed by atoms with van der Waals surface area (Å²) in [6, 6.07) is 6.05. The first-order chi connectivity index (χ1) is 12.9. The molecule has 1 aromatic carbocycles. The molecule has 1 aliphatic heterocycles. The van der Waals surface area contributed by atoms with Crippen LogP contribution in [-0.2, 0) is 14.8 Å². The minimum Gasteiger partial charge on any atom is -0.300 e. The Morgan fingerprint density at radius 3 is 2.81 bits per heavy atom. The van der Waals surface area contributed by atoms with E-state index in [2.05, 4.69) is 15.5 Å². The molecule has 0 radical (unpaired) electrons. The van der Waals surface area contributed by atoms with Gasteiger partial charge in [0, 0.05) is 18.1 Å². The number of aromatic nitrogens is 2. The van der Waals surface area contributed by atoms with Crippen LogP contribution in [0.5, 0.6) is 0 Å². The van der Waals surface area contributed by atoms with Gasteiger partial charge in [0.15, 0.2) is 4.34 Å². The molecule has 27 heavy (non-hydrogen) atoms. The van der Waals surface area contributed by atoms with E-state index in [1.807, 2.05) is 6.92 Å². The number of hydrogen-bond donors (Lipinski definition) is 1. The molecule has 11 heteroatoms. The number of nitrogens with zero attached hydrogens (tertiary/aromatic N) is 3. The van der Waals surface area contributed by atoms with E-state index in [0.717, 1.165) is 10.1 Å². The molecule has 2 heterocycles. The molecule has 0 bridgehead atoms. The second kappa shape index (κ2) is 8.87. The second-order valence-electron chi connectivity index (χ2n) is 5.95. The highest BCUT2D eigenvalue weighted by Crippen LogP contribution is 2.28. The summed E-state index contributed by atoms with van der Waals surface area (Å²) < 4.78 is 27.8. The third kappa shape index (κ3) is 5.00. The summed E-state index contributed by atoms with van der Waals surface area (Å²) in [6.07, 6.45) is 1.26. The summed E-state index contributed by atoms with van der Waals surface area (Å²) in [5.74, 6) is 0.227. The first-order valence-electron chi connectivity index (χ1n) is 8.43. The van der Waals surface area contributed by atoms with Crippen molar-refractivity contribution in [3.05, 3.63) is 29.3 Å². The lowest BCUT2D eigenvalue weighted by molar-refractivity contribution is -0.120. The number of carbonyl (C=O) groups excluding carboxylic acids is 1. The maximum Gasteiger partial charge on any atom is 0.243 e. The standard InChI is InChI=1S/C16H19ClN4O3S3/c1-2-25-16-20-19-15(26-16)18-14(22)11-4-3-9-21(10-11)27(23,24)13-7-5-12(17)6-8-13/h5-8,11H,2-4,9-10H2,1H3,(H,18,19,22)/t11-/m1/s1. The monoisotopic (exact) mass is 446 g/mol. The van der Waals surface area contributed by atoms with Crippen LogP contribution in [0.2, 0.25) is 5.02 Å². The highest BCUT2D eigenvalue weighted by molar-refractivity contribution is 8.01. The molecule has 1 aliphatic rings. The zero-order valence-electron chi connectivity index (χ0n) is 14.6. The lowest BCUT2D eigenvalue weighted by Gasteiger charge is -2.31. The van der Waals surface area contributed by atoms with Crippen molar-refractivity contribution in [3.63, 3.8) is 0 Å². The van der Waals surface area contributed by atoms with E-state index in [1.54, 1.807) is 23.9 Å². The summed E-state index contributed by atoms with van der Waals surface area (Å²) in [5, 5.41) is 11.6. The van der Waals surface area contributed by atoms with Gasteiger partial charge in [-0.25, -0.2) is 8.42 Å². The largest absolute Gasteiger partial charge is 0.300 e. The highest BCUT2D eigenvalue weighted by atomic mass is 35.5. The normalized spacial score (nSPS) is 18.4. The number of thioether (sulfide) groups is 1. The number of anilines is 1. The van der Waals surface area contributed by atoms with E-state index in [9.17, 15) is 13.2 Å². The fourth-order valence-electron chi connectivity index (χ4n) is 2.78. The van der Waals surface area contributed by atoms with Crippen molar-refractivity contribution in [2.45, 2.75) is 29.0 Å². The maximum atomic E-state index is 12.8. The molecule has 0 saturated carbocycles. The third-order valence-corrected chi connectivity index (χ3v) is 8.10. The van der Waals surface area contributed by atoms with Crippen LogP contribution in [-0.4, -0.2) is 47.7 Å². The Morgan fingerprint density at radius 1 is 1.37 bits per heavy atom. The van der Waals surface area contributed by atoms with Crippen molar-refractivity contribution in [2.75, 3.05) is 24.2 Å². The van der Waals surface area contributed by atoms with E-state index in [4.69, 9.17) is 11.6 Å². The van der Waals surface area contributed by atoms with Gasteiger partial charge in [-0.05, 0) is 42.9 Å². The zero-order valence-corrected chi connectivity index (χ0v) is 17.8. The van der Waals surface area contributed by atoms with Gasteiger partial charge in [-0.15, -0.1) is 10.2 Å². The smallest absolute Gasteiger partial charge is 0.243 e. The molecule has 146 valence electrons. The Morgan fingerprint density at radius 2 is 2.11 bits per heavy atom. The van der Waals surface area contributed by atoms with E-state index in [-0.39, 0.29) is 17.3 Å². The summed E-state index contributed by atoms with van der Waals surface area (Å²) in [4.78, 5) is 12.7. The van der Waals surface area contributed by atoms with Crippen molar-refractivity contribution >= 4 is 55.8 Å². The number of halogens is 1. The molecule has 0 spiro atoms. The lowest BCUT2D eigenvalue weighted by Crippen LogP contribution is -2.43. The van der Waals surface area contributed by atoms with Gasteiger partial charge in [0.05, 0.1) is 10.8 Å². The minimum atomic E-state index is -3.66. The van der Waals surface area contributed by atoms with E-state index < -0.39 is 15.9 Å². The van der Waals surface area contributed by atoms with Crippen LogP contribution in [0.25, 0.3) is 0 Å². The number of sulfonamides is 1. The van der Waals surface area contributed by atoms with Crippen LogP contribution in [0, 0.1) is 5.92 Å². The SMILES string of the molecule is CCSc1nnc(NC(=O)[C@@H]2CCCN(S(=O)(=O)c3ccc(Cl)cc3)C2)s1. The van der Waals surface area contributed by atoms with Crippen molar-refractivity contribution in [3.8, 4) is 0 Å². The number of amides is 1. The summed E-state index contributed by atoms with van der Waals surface area (Å²) >= 11 is 8.71. The first kappa shape index (κ1) is 20.5. The van der Waals surface area contributed by atoms with Crippen LogP contribution in [0.4, 0.5) is 5.13 Å². The van der Waals surface area contributed by atoms with Crippen molar-refractivity contribution in [1.82, 2.24) is 14.5 Å². The van der Waals surface area contributed by atoms with Crippen molar-refractivity contribution in [2.24, 2.45) is 5.92 Å². The van der Waals surface area contributed by atoms with Gasteiger partial charge in [-0.2, -0.15) is 4.31 Å². The molecular formula is C16H19ClN4O3S3. The molecule has 0 unspecified atom stereocenters. The molecule has 1 fully saturated rings. The Kier molecular flexibility index (Phi) is 6.74. The van der Waals surface area contributed by atoms with Gasteiger partial charge in [0.2, 0.25) is 21.1 Å². The second-order valence-corrected chi connectivity index (χ2v) is 10.8. The molecule has 1 atom stereocenters. The van der Waals surface area contributed by atoms with Gasteiger partial charge < -0.3 is 5.32 Å². The first-order valence-corrected chi connectivity index (χ1v) is 12.0. The van der Waals surface area contributed by atoms with Crippen LogP contribution in [0.15, 0.2) is 33.5 Å². The van der Waals surface area contributed by atoms with Gasteiger partial charge in [0.25, 0.3) is 0 Å². The average Bonchev–Trinajstić information content (AvgIpc) is 3.09. The Labute approximate surface area is 171 Å². The number of rotatable bonds is 6. The maximum absolute atomic E-state index is 12.8. The Balaban J connectivity index is 1.67. The fourth-order valence-corrected chi connectivity index (χ4v) is 6.08. The number of carbonyl (C=O) groups is 1. The minimum absolute atomic E-state index is 0.145. The number of piperidine rings is 1. The number of nitrogens with one attached hydrogen (secondary N) is 1. The summed E-state index contributed by atoms with van der Waals surface area (Å²) in [5.41, 5.74) is 0. The van der Waals surface area contributed by atoms with Crippen molar-refractivity contribution in [1.29, 1.82) is 0 Å². The van der Waals surface area contributed by atoms with Gasteiger partial charge >= 0.3 is 0 Å². The van der Waals surface area contributed by atoms with Gasteiger partial charge in [-0.3, -0.25) is 4.79 Å². The molecule has 0 aliphatic carbocycles. The third-order valence-electron chi connectivity index (χ3n) is 4.11. The zero-order chi connectivity index (χ0) is 19.4. The molecule has 1 saturated heterocycles. The van der Waals surface area contributed by atoms with E-state index in [0.29, 0.717) is 29.5 Å². The predicted molar refractivity (Wildman–Crippen MR) is 108 cm³/mol. The molecular weight excluding hydrogens is 428 g/mol. The molecule has 1 amide bonds. The summed E-state index contributed by atoms with van der Waals surface area (Å²) in [7, 11) is -3.66. The van der Waals surface area contributed by atoms with Crippen LogP contribution in [0.3, 0.4) is 0 Å². The fraction of sp³-hybridized carbons (Fsp3) is 0.438. The van der Waals surface area contributed by atoms with Crippen LogP contribution >= 0.6 is 34.7 Å².